The normalized spacial score (nSPS) is 20.4. The molecule has 2 heterocycles. The molecule has 14 heteroatoms. The number of nitrogens with zero attached hydrogens (tertiary/aromatic N) is 1. The molecule has 2 fully saturated rings. The molecule has 5 rings (SSSR count). The van der Waals surface area contributed by atoms with Gasteiger partial charge in [-0.2, -0.15) is 0 Å². The lowest BCUT2D eigenvalue weighted by molar-refractivity contribution is -0.172. The van der Waals surface area contributed by atoms with E-state index in [1.165, 1.54) is 13.8 Å². The van der Waals surface area contributed by atoms with Crippen LogP contribution in [-0.4, -0.2) is 72.0 Å². The number of benzene rings is 3. The Morgan fingerprint density at radius 1 is 0.760 bits per heavy atom. The Bertz CT molecular complexity index is 1800. The topological polar surface area (TPSA) is 172 Å². The van der Waals surface area contributed by atoms with Gasteiger partial charge in [0.15, 0.2) is 15.2 Å². The summed E-state index contributed by atoms with van der Waals surface area (Å²) in [4.78, 5) is 65.9. The van der Waals surface area contributed by atoms with Gasteiger partial charge >= 0.3 is 24.0 Å². The molecule has 3 aromatic carbocycles. The maximum atomic E-state index is 13.6. The number of nitrogens with one attached hydrogen (secondary N) is 1. The number of carbonyl (C=O) groups is 5. The summed E-state index contributed by atoms with van der Waals surface area (Å²) in [6.45, 7) is 1.86. The number of hydrogen-bond donors (Lipinski definition) is 1. The molecular weight excluding hydrogens is 668 g/mol. The lowest BCUT2D eigenvalue weighted by atomic mass is 9.92. The number of carbonyl (C=O) groups excluding carboxylic acids is 5. The van der Waals surface area contributed by atoms with Crippen molar-refractivity contribution >= 4 is 39.7 Å². The van der Waals surface area contributed by atoms with Crippen molar-refractivity contribution in [2.45, 2.75) is 68.7 Å². The molecule has 2 aliphatic heterocycles. The molecule has 2 aliphatic rings. The highest BCUT2D eigenvalue weighted by Crippen LogP contribution is 2.49. The first kappa shape index (κ1) is 36.1. The number of β-lactam (4-membered cyclic amide) rings is 1. The van der Waals surface area contributed by atoms with Gasteiger partial charge in [-0.15, -0.1) is 0 Å². The number of alkyl carbamates (subject to hydrolysis) is 1. The Kier molecular flexibility index (Phi) is 11.2. The van der Waals surface area contributed by atoms with Crippen molar-refractivity contribution in [3.8, 4) is 0 Å². The van der Waals surface area contributed by atoms with Crippen LogP contribution in [0.2, 0.25) is 0 Å². The predicted molar refractivity (Wildman–Crippen MR) is 177 cm³/mol. The van der Waals surface area contributed by atoms with E-state index < -0.39 is 74.5 Å². The van der Waals surface area contributed by atoms with Crippen LogP contribution in [-0.2, 0) is 67.8 Å². The van der Waals surface area contributed by atoms with Crippen LogP contribution < -0.4 is 5.32 Å². The van der Waals surface area contributed by atoms with Gasteiger partial charge in [0.2, 0.25) is 5.91 Å². The zero-order valence-electron chi connectivity index (χ0n) is 27.6. The highest BCUT2D eigenvalue weighted by molar-refractivity contribution is 7.93. The van der Waals surface area contributed by atoms with Crippen LogP contribution in [0, 0.1) is 5.92 Å². The fourth-order valence-electron chi connectivity index (χ4n) is 5.85. The van der Waals surface area contributed by atoms with Gasteiger partial charge in [0.25, 0.3) is 0 Å². The number of amides is 2. The maximum Gasteiger partial charge on any atom is 0.408 e. The second-order valence-corrected chi connectivity index (χ2v) is 15.1. The van der Waals surface area contributed by atoms with E-state index in [0.717, 1.165) is 10.5 Å². The Hall–Kier alpha value is -5.24. The average molecular weight is 707 g/mol. The van der Waals surface area contributed by atoms with Crippen molar-refractivity contribution in [3.63, 3.8) is 0 Å². The van der Waals surface area contributed by atoms with E-state index >= 15 is 0 Å². The van der Waals surface area contributed by atoms with Crippen molar-refractivity contribution in [1.29, 1.82) is 0 Å². The molecule has 4 atom stereocenters. The molecular formula is C36H38N2O11S. The molecule has 1 unspecified atom stereocenters. The van der Waals surface area contributed by atoms with Crippen molar-refractivity contribution in [2.24, 2.45) is 5.92 Å². The summed E-state index contributed by atoms with van der Waals surface area (Å²) in [5.74, 6) is -4.52. The third-order valence-corrected chi connectivity index (χ3v) is 11.6. The van der Waals surface area contributed by atoms with Crippen LogP contribution in [0.4, 0.5) is 4.79 Å². The molecule has 13 nitrogen and oxygen atoms in total. The third kappa shape index (κ3) is 7.96. The van der Waals surface area contributed by atoms with E-state index in [1.54, 1.807) is 84.9 Å². The first-order valence-corrected chi connectivity index (χ1v) is 17.5. The van der Waals surface area contributed by atoms with Crippen LogP contribution in [0.3, 0.4) is 0 Å². The zero-order chi connectivity index (χ0) is 35.9. The fourth-order valence-corrected chi connectivity index (χ4v) is 8.15. The minimum Gasteiger partial charge on any atom is -0.463 e. The molecule has 2 amide bonds. The van der Waals surface area contributed by atoms with Crippen LogP contribution in [0.25, 0.3) is 0 Å². The van der Waals surface area contributed by atoms with Gasteiger partial charge in [-0.1, -0.05) is 91.0 Å². The van der Waals surface area contributed by atoms with Crippen LogP contribution in [0.5, 0.6) is 0 Å². The maximum absolute atomic E-state index is 13.6. The molecule has 1 N–H and O–H groups in total. The number of fused-ring (bicyclic) bond motifs is 1. The largest absolute Gasteiger partial charge is 0.463 e. The van der Waals surface area contributed by atoms with E-state index in [1.807, 2.05) is 6.07 Å². The fraction of sp³-hybridized carbons (Fsp3) is 0.361. The molecule has 50 heavy (non-hydrogen) atoms. The summed E-state index contributed by atoms with van der Waals surface area (Å²) in [6.07, 6.45) is -1.47. The Morgan fingerprint density at radius 2 is 1.26 bits per heavy atom. The quantitative estimate of drug-likeness (QED) is 0.148. The lowest BCUT2D eigenvalue weighted by Gasteiger charge is -2.42. The van der Waals surface area contributed by atoms with Gasteiger partial charge in [-0.25, -0.2) is 22.8 Å². The smallest absolute Gasteiger partial charge is 0.408 e. The molecule has 264 valence electrons. The summed E-state index contributed by atoms with van der Waals surface area (Å²) in [7, 11) is -4.13. The summed E-state index contributed by atoms with van der Waals surface area (Å²) < 4.78 is 46.8. The molecule has 0 aromatic heterocycles. The molecule has 2 saturated heterocycles. The van der Waals surface area contributed by atoms with Crippen LogP contribution in [0.1, 0.15) is 43.4 Å². The van der Waals surface area contributed by atoms with Gasteiger partial charge < -0.3 is 29.2 Å². The molecule has 0 radical (unpaired) electrons. The van der Waals surface area contributed by atoms with E-state index in [-0.39, 0.29) is 32.7 Å². The number of hydrogen-bond acceptors (Lipinski definition) is 11. The third-order valence-electron chi connectivity index (χ3n) is 8.70. The number of sulfone groups is 1. The number of esters is 3. The summed E-state index contributed by atoms with van der Waals surface area (Å²) in [5, 5.41) is 0.966. The van der Waals surface area contributed by atoms with Crippen molar-refractivity contribution < 1.29 is 51.3 Å². The van der Waals surface area contributed by atoms with E-state index in [0.29, 0.717) is 11.1 Å². The van der Waals surface area contributed by atoms with Crippen LogP contribution >= 0.6 is 0 Å². The Morgan fingerprint density at radius 3 is 1.80 bits per heavy atom. The van der Waals surface area contributed by atoms with Crippen molar-refractivity contribution in [1.82, 2.24) is 10.2 Å². The van der Waals surface area contributed by atoms with Crippen LogP contribution in [0.15, 0.2) is 91.0 Å². The van der Waals surface area contributed by atoms with Crippen molar-refractivity contribution in [3.05, 3.63) is 108 Å². The van der Waals surface area contributed by atoms with Gasteiger partial charge in [0, 0.05) is 6.42 Å². The Labute approximate surface area is 289 Å². The number of ether oxygens (including phenoxy) is 4. The molecule has 0 aliphatic carbocycles. The predicted octanol–water partition coefficient (Wildman–Crippen LogP) is 3.45. The number of rotatable bonds is 14. The summed E-state index contributed by atoms with van der Waals surface area (Å²) in [5.41, 5.74) is 2.14. The van der Waals surface area contributed by atoms with Crippen molar-refractivity contribution in [2.75, 3.05) is 6.61 Å². The monoisotopic (exact) mass is 706 g/mol. The van der Waals surface area contributed by atoms with Gasteiger partial charge in [-0.3, -0.25) is 9.59 Å². The average Bonchev–Trinajstić information content (AvgIpc) is 3.26. The van der Waals surface area contributed by atoms with Gasteiger partial charge in [-0.05, 0) is 37.0 Å². The summed E-state index contributed by atoms with van der Waals surface area (Å²) >= 11 is 0. The van der Waals surface area contributed by atoms with Gasteiger partial charge in [0.05, 0.1) is 4.75 Å². The first-order chi connectivity index (χ1) is 23.9. The molecule has 0 saturated carbocycles. The van der Waals surface area contributed by atoms with E-state index in [9.17, 15) is 32.4 Å². The standard InChI is InChI=1S/C36H38N2O11S/c1-36(2)30(34(42)47-21-25-14-8-4-9-15-25)38-31(40)27(32(38)50(36,44)45)23-48-33(41)28(37-35(43)49-22-26-16-10-5-11-17-26)18-19-29(39)46-20-24-12-6-3-7-13-24/h3-17,27-28,30,32H,18-23H2,1-2H3,(H,37,43)/t27-,28?,30-,32+/m0/s1. The van der Waals surface area contributed by atoms with E-state index in [2.05, 4.69) is 5.32 Å². The first-order valence-electron chi connectivity index (χ1n) is 16.0. The second kappa shape index (κ2) is 15.5. The molecule has 3 aromatic rings. The Balaban J connectivity index is 1.21. The molecule has 0 spiro atoms. The minimum atomic E-state index is -4.13. The zero-order valence-corrected chi connectivity index (χ0v) is 28.4. The van der Waals surface area contributed by atoms with Gasteiger partial charge in [0.1, 0.15) is 44.4 Å². The lowest BCUT2D eigenvalue weighted by Crippen LogP contribution is -2.65. The highest BCUT2D eigenvalue weighted by atomic mass is 32.2. The summed E-state index contributed by atoms with van der Waals surface area (Å²) in [6, 6.07) is 23.8. The molecule has 0 bridgehead atoms. The van der Waals surface area contributed by atoms with E-state index in [4.69, 9.17) is 18.9 Å². The second-order valence-electron chi connectivity index (χ2n) is 12.5. The minimum absolute atomic E-state index is 0.00856. The SMILES string of the molecule is CC1(C)[C@H](C(=O)OCc2ccccc2)N2C(=O)[C@H](COC(=O)C(CCC(=O)OCc3ccccc3)NC(=O)OCc3ccccc3)[C@H]2S1(=O)=O. The highest BCUT2D eigenvalue weighted by Gasteiger charge is 2.72.